The largest absolute Gasteiger partial charge is 0.509 e. The second kappa shape index (κ2) is 15.2. The Labute approximate surface area is 363 Å². The molecule has 0 spiro atoms. The number of ether oxygens (including phenoxy) is 1. The van der Waals surface area contributed by atoms with Crippen molar-refractivity contribution in [2.75, 3.05) is 16.8 Å². The molecule has 0 aliphatic carbocycles. The predicted octanol–water partition coefficient (Wildman–Crippen LogP) is 13.8. The molecule has 6 aromatic carbocycles. The van der Waals surface area contributed by atoms with E-state index in [0.717, 1.165) is 50.2 Å². The molecule has 0 saturated heterocycles. The van der Waals surface area contributed by atoms with Crippen LogP contribution in [0.3, 0.4) is 0 Å². The first kappa shape index (κ1) is 40.2. The number of benzene rings is 6. The summed E-state index contributed by atoms with van der Waals surface area (Å²) in [5, 5.41) is 2.23. The Hall–Kier alpha value is -5.64. The van der Waals surface area contributed by atoms with Crippen LogP contribution < -0.4 is 14.5 Å². The fourth-order valence-corrected chi connectivity index (χ4v) is 8.32. The molecule has 8 aromatic rings. The van der Waals surface area contributed by atoms with Gasteiger partial charge in [-0.05, 0) is 112 Å². The third-order valence-electron chi connectivity index (χ3n) is 11.4. The van der Waals surface area contributed by atoms with E-state index in [4.69, 9.17) is 9.72 Å². The summed E-state index contributed by atoms with van der Waals surface area (Å²) >= 11 is 0. The predicted molar refractivity (Wildman–Crippen MR) is 242 cm³/mol. The molecule has 5 nitrogen and oxygen atoms in total. The Morgan fingerprint density at radius 2 is 1.31 bits per heavy atom. The van der Waals surface area contributed by atoms with Crippen LogP contribution in [0.1, 0.15) is 63.8 Å². The summed E-state index contributed by atoms with van der Waals surface area (Å²) in [5.74, 6) is 2.05. The molecule has 6 heteroatoms. The van der Waals surface area contributed by atoms with Crippen molar-refractivity contribution in [3.05, 3.63) is 169 Å². The van der Waals surface area contributed by atoms with Crippen LogP contribution in [0.15, 0.2) is 128 Å². The molecule has 0 unspecified atom stereocenters. The van der Waals surface area contributed by atoms with E-state index in [9.17, 15) is 0 Å². The normalized spacial score (nSPS) is 12.9. The SMILES string of the molecule is Cc1cc(C(C)(C)C)cc(C)c1-c1ccnc(-n2c3[c-]c(Oc4[c-]c(N5[CH-]N(C)c6cc(-c7ccc(C(C)(C)C)cc7)ccc65)ccc4)ccc3c3ccccc32)c1.[Pt]. The molecular weight excluding hydrogens is 904 g/mol. The number of aromatic nitrogens is 2. The van der Waals surface area contributed by atoms with Crippen LogP contribution in [0.25, 0.3) is 49.9 Å². The summed E-state index contributed by atoms with van der Waals surface area (Å²) in [7, 11) is 2.09. The van der Waals surface area contributed by atoms with Gasteiger partial charge in [0.1, 0.15) is 5.82 Å². The van der Waals surface area contributed by atoms with Crippen molar-refractivity contribution in [1.29, 1.82) is 0 Å². The van der Waals surface area contributed by atoms with Crippen LogP contribution in [0.4, 0.5) is 17.1 Å². The second-order valence-electron chi connectivity index (χ2n) is 17.7. The number of nitrogens with zero attached hydrogens (tertiary/aromatic N) is 4. The summed E-state index contributed by atoms with van der Waals surface area (Å²) in [6.45, 7) is 20.1. The van der Waals surface area contributed by atoms with Gasteiger partial charge < -0.3 is 19.1 Å². The Bertz CT molecular complexity index is 2840. The van der Waals surface area contributed by atoms with E-state index in [1.807, 2.05) is 24.4 Å². The first-order valence-corrected chi connectivity index (χ1v) is 20.1. The topological polar surface area (TPSA) is 33.5 Å². The minimum Gasteiger partial charge on any atom is -0.509 e. The van der Waals surface area contributed by atoms with E-state index in [1.54, 1.807) is 0 Å². The molecule has 9 rings (SSSR count). The number of fused-ring (bicyclic) bond motifs is 4. The van der Waals surface area contributed by atoms with E-state index in [1.165, 1.54) is 38.9 Å². The fraction of sp³-hybridized carbons (Fsp3) is 0.208. The molecule has 0 N–H and O–H groups in total. The van der Waals surface area contributed by atoms with Crippen LogP contribution >= 0.6 is 0 Å². The molecule has 2 aromatic heterocycles. The maximum atomic E-state index is 6.56. The second-order valence-corrected chi connectivity index (χ2v) is 17.7. The van der Waals surface area contributed by atoms with Crippen molar-refractivity contribution in [2.45, 2.75) is 66.2 Å². The van der Waals surface area contributed by atoms with Gasteiger partial charge in [0.15, 0.2) is 0 Å². The fourth-order valence-electron chi connectivity index (χ4n) is 8.32. The summed E-state index contributed by atoms with van der Waals surface area (Å²) in [6.07, 6.45) is 1.92. The molecule has 0 radical (unpaired) electrons. The zero-order valence-electron chi connectivity index (χ0n) is 35.2. The molecule has 0 amide bonds. The van der Waals surface area contributed by atoms with Gasteiger partial charge in [-0.15, -0.1) is 41.4 Å². The van der Waals surface area contributed by atoms with E-state index in [2.05, 4.69) is 199 Å². The smallest absolute Gasteiger partial charge is 0.136 e. The molecule has 59 heavy (non-hydrogen) atoms. The minimum atomic E-state index is 0. The van der Waals surface area contributed by atoms with Gasteiger partial charge >= 0.3 is 0 Å². The summed E-state index contributed by atoms with van der Waals surface area (Å²) in [4.78, 5) is 9.26. The molecular formula is C53H49N4OPt-3. The summed E-state index contributed by atoms with van der Waals surface area (Å²) in [6, 6.07) is 50.3. The quantitative estimate of drug-likeness (QED) is 0.156. The number of hydrogen-bond acceptors (Lipinski definition) is 4. The average Bonchev–Trinajstić information content (AvgIpc) is 3.71. The molecule has 300 valence electrons. The van der Waals surface area contributed by atoms with Crippen molar-refractivity contribution in [3.8, 4) is 39.6 Å². The standard InChI is InChI=1S/C53H49N4O.Pt/c1-34-27-40(53(6,7)8)28-35(2)51(34)38-25-26-54-50(30-38)57-46-16-11-10-15-44(46)45-23-22-43(32-48(45)57)58-42-14-12-13-41(31-42)56-33-55(9)49-29-37(19-24-47(49)56)36-17-20-39(21-18-36)52(3,4)5;/h10-30,33H,1-9H3;/q-3;. The maximum absolute atomic E-state index is 6.56. The van der Waals surface area contributed by atoms with Crippen LogP contribution in [0.5, 0.6) is 11.5 Å². The Morgan fingerprint density at radius 1 is 0.610 bits per heavy atom. The molecule has 1 aliphatic heterocycles. The average molecular weight is 953 g/mol. The Kier molecular flexibility index (Phi) is 10.3. The van der Waals surface area contributed by atoms with Crippen molar-refractivity contribution in [3.63, 3.8) is 0 Å². The molecule has 0 fully saturated rings. The zero-order valence-corrected chi connectivity index (χ0v) is 37.5. The van der Waals surface area contributed by atoms with Crippen molar-refractivity contribution >= 4 is 38.9 Å². The number of aryl methyl sites for hydroxylation is 2. The van der Waals surface area contributed by atoms with Crippen LogP contribution in [0.2, 0.25) is 0 Å². The van der Waals surface area contributed by atoms with E-state index in [0.29, 0.717) is 11.5 Å². The number of rotatable bonds is 6. The molecule has 1 aliphatic rings. The van der Waals surface area contributed by atoms with Crippen LogP contribution in [-0.2, 0) is 31.9 Å². The first-order valence-electron chi connectivity index (χ1n) is 20.1. The number of hydrogen-bond donors (Lipinski definition) is 0. The van der Waals surface area contributed by atoms with Crippen LogP contribution in [0, 0.1) is 32.6 Å². The van der Waals surface area contributed by atoms with Gasteiger partial charge in [-0.2, -0.15) is 18.8 Å². The van der Waals surface area contributed by atoms with Gasteiger partial charge in [0, 0.05) is 55.7 Å². The summed E-state index contributed by atoms with van der Waals surface area (Å²) in [5.41, 5.74) is 15.3. The number of pyridine rings is 1. The third-order valence-corrected chi connectivity index (χ3v) is 11.4. The number of para-hydroxylation sites is 1. The zero-order chi connectivity index (χ0) is 40.5. The molecule has 0 bridgehead atoms. The monoisotopic (exact) mass is 952 g/mol. The molecule has 0 atom stereocenters. The summed E-state index contributed by atoms with van der Waals surface area (Å²) < 4.78 is 8.77. The van der Waals surface area contributed by atoms with E-state index < -0.39 is 0 Å². The van der Waals surface area contributed by atoms with Crippen LogP contribution in [-0.4, -0.2) is 16.6 Å². The van der Waals surface area contributed by atoms with E-state index >= 15 is 0 Å². The first-order chi connectivity index (χ1) is 27.7. The van der Waals surface area contributed by atoms with Gasteiger partial charge in [0.25, 0.3) is 0 Å². The number of anilines is 3. The van der Waals surface area contributed by atoms with Crippen molar-refractivity contribution in [2.24, 2.45) is 0 Å². The van der Waals surface area contributed by atoms with Crippen molar-refractivity contribution in [1.82, 2.24) is 9.55 Å². The molecule has 3 heterocycles. The van der Waals surface area contributed by atoms with Gasteiger partial charge in [-0.1, -0.05) is 108 Å². The van der Waals surface area contributed by atoms with E-state index in [-0.39, 0.29) is 31.9 Å². The van der Waals surface area contributed by atoms with Gasteiger partial charge in [0.05, 0.1) is 0 Å². The Balaban J connectivity index is 0.00000484. The van der Waals surface area contributed by atoms with Gasteiger partial charge in [-0.25, -0.2) is 4.98 Å². The van der Waals surface area contributed by atoms with Crippen molar-refractivity contribution < 1.29 is 25.8 Å². The maximum Gasteiger partial charge on any atom is 0.136 e. The van der Waals surface area contributed by atoms with Gasteiger partial charge in [0.2, 0.25) is 0 Å². The Morgan fingerprint density at radius 3 is 2.03 bits per heavy atom. The minimum absolute atomic E-state index is 0. The molecule has 0 saturated carbocycles. The van der Waals surface area contributed by atoms with Gasteiger partial charge in [-0.3, -0.25) is 0 Å². The third kappa shape index (κ3) is 7.47.